The summed E-state index contributed by atoms with van der Waals surface area (Å²) in [5, 5.41) is 3.27. The molecule has 3 nitrogen and oxygen atoms in total. The van der Waals surface area contributed by atoms with Crippen LogP contribution in [-0.4, -0.2) is 12.1 Å². The molecule has 0 saturated carbocycles. The predicted octanol–water partition coefficient (Wildman–Crippen LogP) is 4.32. The fraction of sp³-hybridized carbons (Fsp3) is 0.400. The summed E-state index contributed by atoms with van der Waals surface area (Å²) in [5.41, 5.74) is 8.03. The minimum absolute atomic E-state index is 0.106. The number of ether oxygens (including phenoxy) is 1. The summed E-state index contributed by atoms with van der Waals surface area (Å²) in [4.78, 5) is 5.73. The first-order chi connectivity index (χ1) is 9.40. The van der Waals surface area contributed by atoms with Crippen molar-refractivity contribution in [2.45, 2.75) is 36.8 Å². The van der Waals surface area contributed by atoms with Gasteiger partial charge in [0.1, 0.15) is 10.8 Å². The quantitative estimate of drug-likeness (QED) is 0.675. The van der Waals surface area contributed by atoms with E-state index in [1.807, 2.05) is 18.2 Å². The van der Waals surface area contributed by atoms with Gasteiger partial charge in [-0.05, 0) is 18.2 Å². The monoisotopic (exact) mass is 308 g/mol. The zero-order chi connectivity index (χ0) is 14.8. The van der Waals surface area contributed by atoms with Crippen LogP contribution in [0.25, 0.3) is 0 Å². The molecule has 2 aromatic rings. The Balaban J connectivity index is 2.07. The summed E-state index contributed by atoms with van der Waals surface area (Å²) in [6, 6.07) is 5.72. The molecule has 5 heteroatoms. The topological polar surface area (TPSA) is 48.1 Å². The van der Waals surface area contributed by atoms with Gasteiger partial charge in [0.05, 0.1) is 18.6 Å². The maximum atomic E-state index is 5.99. The molecule has 1 aromatic heterocycles. The van der Waals surface area contributed by atoms with E-state index in [0.29, 0.717) is 0 Å². The Morgan fingerprint density at radius 2 is 2.10 bits per heavy atom. The van der Waals surface area contributed by atoms with Crippen LogP contribution in [0.5, 0.6) is 5.75 Å². The van der Waals surface area contributed by atoms with Crippen LogP contribution in [0.3, 0.4) is 0 Å². The third-order valence-corrected chi connectivity index (χ3v) is 5.01. The first kappa shape index (κ1) is 15.2. The highest BCUT2D eigenvalue weighted by molar-refractivity contribution is 7.98. The van der Waals surface area contributed by atoms with Gasteiger partial charge in [-0.3, -0.25) is 0 Å². The van der Waals surface area contributed by atoms with Gasteiger partial charge in [-0.25, -0.2) is 4.98 Å². The lowest BCUT2D eigenvalue weighted by Gasteiger charge is -2.14. The molecule has 0 unspecified atom stereocenters. The fourth-order valence-corrected chi connectivity index (χ4v) is 3.66. The largest absolute Gasteiger partial charge is 0.497 e. The van der Waals surface area contributed by atoms with Crippen LogP contribution < -0.4 is 10.5 Å². The number of aromatic nitrogens is 1. The Hall–Kier alpha value is -1.20. The normalized spacial score (nSPS) is 11.6. The highest BCUT2D eigenvalue weighted by Crippen LogP contribution is 2.33. The third kappa shape index (κ3) is 3.67. The first-order valence-electron chi connectivity index (χ1n) is 6.41. The number of methoxy groups -OCH3 is 1. The number of benzene rings is 1. The summed E-state index contributed by atoms with van der Waals surface area (Å²) >= 11 is 3.40. The smallest absolute Gasteiger partial charge is 0.120 e. The van der Waals surface area contributed by atoms with Crippen LogP contribution in [0.15, 0.2) is 28.5 Å². The van der Waals surface area contributed by atoms with Crippen molar-refractivity contribution < 1.29 is 4.74 Å². The van der Waals surface area contributed by atoms with Crippen molar-refractivity contribution in [3.8, 4) is 5.75 Å². The molecule has 0 aliphatic carbocycles. The lowest BCUT2D eigenvalue weighted by atomic mass is 9.93. The van der Waals surface area contributed by atoms with E-state index in [1.165, 1.54) is 0 Å². The lowest BCUT2D eigenvalue weighted by molar-refractivity contribution is 0.414. The SMILES string of the molecule is COc1ccc(N)c(SCc2nc(C(C)(C)C)cs2)c1. The van der Waals surface area contributed by atoms with E-state index in [1.54, 1.807) is 30.2 Å². The van der Waals surface area contributed by atoms with Gasteiger partial charge in [0.15, 0.2) is 0 Å². The molecule has 0 fully saturated rings. The molecular weight excluding hydrogens is 288 g/mol. The average Bonchev–Trinajstić information content (AvgIpc) is 2.86. The van der Waals surface area contributed by atoms with Crippen molar-refractivity contribution in [2.75, 3.05) is 12.8 Å². The van der Waals surface area contributed by atoms with Crippen molar-refractivity contribution in [3.05, 3.63) is 34.3 Å². The van der Waals surface area contributed by atoms with E-state index in [2.05, 4.69) is 26.2 Å². The number of anilines is 1. The zero-order valence-electron chi connectivity index (χ0n) is 12.3. The van der Waals surface area contributed by atoms with Crippen LogP contribution in [0.1, 0.15) is 31.5 Å². The van der Waals surface area contributed by atoms with Crippen molar-refractivity contribution in [1.29, 1.82) is 0 Å². The molecule has 108 valence electrons. The van der Waals surface area contributed by atoms with Gasteiger partial charge in [0.25, 0.3) is 0 Å². The minimum atomic E-state index is 0.106. The highest BCUT2D eigenvalue weighted by atomic mass is 32.2. The van der Waals surface area contributed by atoms with Gasteiger partial charge in [-0.1, -0.05) is 20.8 Å². The average molecular weight is 308 g/mol. The van der Waals surface area contributed by atoms with E-state index < -0.39 is 0 Å². The van der Waals surface area contributed by atoms with Gasteiger partial charge >= 0.3 is 0 Å². The Bertz CT molecular complexity index is 588. The predicted molar refractivity (Wildman–Crippen MR) is 87.8 cm³/mol. The third-order valence-electron chi connectivity index (χ3n) is 2.89. The van der Waals surface area contributed by atoms with E-state index in [9.17, 15) is 0 Å². The molecule has 2 rings (SSSR count). The van der Waals surface area contributed by atoms with Gasteiger partial charge in [0.2, 0.25) is 0 Å². The van der Waals surface area contributed by atoms with Gasteiger partial charge in [-0.2, -0.15) is 0 Å². The molecule has 2 N–H and O–H groups in total. The maximum absolute atomic E-state index is 5.99. The van der Waals surface area contributed by atoms with Crippen molar-refractivity contribution in [1.82, 2.24) is 4.98 Å². The van der Waals surface area contributed by atoms with E-state index in [0.717, 1.165) is 32.8 Å². The van der Waals surface area contributed by atoms with Crippen molar-refractivity contribution in [3.63, 3.8) is 0 Å². The Kier molecular flexibility index (Phi) is 4.60. The zero-order valence-corrected chi connectivity index (χ0v) is 13.9. The molecule has 1 heterocycles. The number of hydrogen-bond donors (Lipinski definition) is 1. The molecule has 0 saturated heterocycles. The number of thioether (sulfide) groups is 1. The van der Waals surface area contributed by atoms with Crippen LogP contribution >= 0.6 is 23.1 Å². The standard InChI is InChI=1S/C15H20N2OS2/c1-15(2,3)13-8-20-14(17-13)9-19-12-7-10(18-4)5-6-11(12)16/h5-8H,9,16H2,1-4H3. The van der Waals surface area contributed by atoms with Gasteiger partial charge in [-0.15, -0.1) is 23.1 Å². The Morgan fingerprint density at radius 3 is 2.70 bits per heavy atom. The minimum Gasteiger partial charge on any atom is -0.497 e. The summed E-state index contributed by atoms with van der Waals surface area (Å²) in [7, 11) is 1.66. The lowest BCUT2D eigenvalue weighted by Crippen LogP contribution is -2.11. The molecule has 0 aliphatic rings. The van der Waals surface area contributed by atoms with Crippen LogP contribution in [-0.2, 0) is 11.2 Å². The van der Waals surface area contributed by atoms with E-state index >= 15 is 0 Å². The van der Waals surface area contributed by atoms with Gasteiger partial charge in [0, 0.05) is 21.4 Å². The molecule has 0 atom stereocenters. The Morgan fingerprint density at radius 1 is 1.35 bits per heavy atom. The molecular formula is C15H20N2OS2. The number of hydrogen-bond acceptors (Lipinski definition) is 5. The number of rotatable bonds is 4. The summed E-state index contributed by atoms with van der Waals surface area (Å²) in [5.74, 6) is 1.66. The highest BCUT2D eigenvalue weighted by Gasteiger charge is 2.17. The number of thiazole rings is 1. The second-order valence-corrected chi connectivity index (χ2v) is 7.53. The van der Waals surface area contributed by atoms with E-state index in [-0.39, 0.29) is 5.41 Å². The molecule has 0 aliphatic heterocycles. The van der Waals surface area contributed by atoms with Crippen LogP contribution in [0, 0.1) is 0 Å². The number of nitrogens with two attached hydrogens (primary N) is 1. The number of nitrogens with zero attached hydrogens (tertiary/aromatic N) is 1. The fourth-order valence-electron chi connectivity index (χ4n) is 1.63. The van der Waals surface area contributed by atoms with Crippen LogP contribution in [0.2, 0.25) is 0 Å². The van der Waals surface area contributed by atoms with E-state index in [4.69, 9.17) is 15.5 Å². The molecule has 0 amide bonds. The maximum Gasteiger partial charge on any atom is 0.120 e. The molecule has 0 spiro atoms. The van der Waals surface area contributed by atoms with Gasteiger partial charge < -0.3 is 10.5 Å². The summed E-state index contributed by atoms with van der Waals surface area (Å²) in [6.07, 6.45) is 0. The second-order valence-electron chi connectivity index (χ2n) is 5.57. The molecule has 0 radical (unpaired) electrons. The van der Waals surface area contributed by atoms with Crippen LogP contribution in [0.4, 0.5) is 5.69 Å². The molecule has 20 heavy (non-hydrogen) atoms. The summed E-state index contributed by atoms with van der Waals surface area (Å²) in [6.45, 7) is 6.54. The van der Waals surface area contributed by atoms with Crippen molar-refractivity contribution in [2.24, 2.45) is 0 Å². The summed E-state index contributed by atoms with van der Waals surface area (Å²) < 4.78 is 5.23. The Labute approximate surface area is 128 Å². The second kappa shape index (κ2) is 6.06. The van der Waals surface area contributed by atoms with Crippen molar-refractivity contribution >= 4 is 28.8 Å². The first-order valence-corrected chi connectivity index (χ1v) is 8.28. The molecule has 1 aromatic carbocycles. The number of nitrogen functional groups attached to an aromatic ring is 1. The molecule has 0 bridgehead atoms.